The van der Waals surface area contributed by atoms with E-state index in [2.05, 4.69) is 87.5 Å². The average molecular weight is 520 g/mol. The predicted molar refractivity (Wildman–Crippen MR) is 161 cm³/mol. The summed E-state index contributed by atoms with van der Waals surface area (Å²) in [6.07, 6.45) is 12.9. The van der Waals surface area contributed by atoms with Gasteiger partial charge >= 0.3 is 0 Å². The zero-order chi connectivity index (χ0) is 26.9. The molecule has 6 heteroatoms. The van der Waals surface area contributed by atoms with E-state index in [-0.39, 0.29) is 6.04 Å². The van der Waals surface area contributed by atoms with Gasteiger partial charge in [-0.15, -0.1) is 5.10 Å². The lowest BCUT2D eigenvalue weighted by atomic mass is 9.86. The first-order valence-corrected chi connectivity index (χ1v) is 14.0. The summed E-state index contributed by atoms with van der Waals surface area (Å²) in [5.74, 6) is 0.468. The van der Waals surface area contributed by atoms with Crippen LogP contribution < -0.4 is 5.32 Å². The Bertz CT molecular complexity index is 1550. The summed E-state index contributed by atoms with van der Waals surface area (Å²) in [6, 6.07) is 15.7. The van der Waals surface area contributed by atoms with Gasteiger partial charge in [0.2, 0.25) is 0 Å². The van der Waals surface area contributed by atoms with Gasteiger partial charge in [-0.25, -0.2) is 4.68 Å². The second-order valence-corrected chi connectivity index (χ2v) is 10.6. The van der Waals surface area contributed by atoms with E-state index in [1.54, 1.807) is 0 Å². The lowest BCUT2D eigenvalue weighted by Crippen LogP contribution is -2.27. The second kappa shape index (κ2) is 10.7. The van der Waals surface area contributed by atoms with Crippen molar-refractivity contribution in [2.45, 2.75) is 38.6 Å². The van der Waals surface area contributed by atoms with Crippen LogP contribution in [0.1, 0.15) is 59.1 Å². The normalized spacial score (nSPS) is 19.0. The van der Waals surface area contributed by atoms with Gasteiger partial charge in [0, 0.05) is 55.2 Å². The van der Waals surface area contributed by atoms with Gasteiger partial charge in [0.25, 0.3) is 0 Å². The topological polar surface area (TPSA) is 56.9 Å². The van der Waals surface area contributed by atoms with Gasteiger partial charge < -0.3 is 14.6 Å². The first kappa shape index (κ1) is 25.4. The number of rotatable bonds is 6. The van der Waals surface area contributed by atoms with Crippen molar-refractivity contribution in [3.05, 3.63) is 95.0 Å². The molecule has 6 rings (SSSR count). The fourth-order valence-corrected chi connectivity index (χ4v) is 6.62. The highest BCUT2D eigenvalue weighted by atomic mass is 16.5. The SMILES string of the molecule is C=Cc1c(NC)ccc2c1c1c(n2[C@H](c2ccccc2)C2CCOCC2)/C=C(c2c(C)nnn2C)\C=C\CC1. The molecular formula is C33H37N5O. The van der Waals surface area contributed by atoms with Crippen molar-refractivity contribution in [1.29, 1.82) is 0 Å². The summed E-state index contributed by atoms with van der Waals surface area (Å²) in [7, 11) is 3.96. The molecule has 0 saturated carbocycles. The van der Waals surface area contributed by atoms with Crippen LogP contribution in [0.4, 0.5) is 5.69 Å². The minimum atomic E-state index is 0.186. The zero-order valence-electron chi connectivity index (χ0n) is 23.2. The van der Waals surface area contributed by atoms with Gasteiger partial charge in [-0.1, -0.05) is 60.4 Å². The molecule has 1 fully saturated rings. The molecule has 2 aliphatic rings. The number of nitrogens with zero attached hydrogens (tertiary/aromatic N) is 4. The first-order chi connectivity index (χ1) is 19.1. The minimum absolute atomic E-state index is 0.186. The van der Waals surface area contributed by atoms with Crippen LogP contribution >= 0.6 is 0 Å². The molecule has 0 unspecified atom stereocenters. The van der Waals surface area contributed by atoms with E-state index in [0.717, 1.165) is 61.5 Å². The molecule has 4 aromatic rings. The van der Waals surface area contributed by atoms with Crippen LogP contribution in [-0.4, -0.2) is 39.8 Å². The van der Waals surface area contributed by atoms with Crippen LogP contribution in [-0.2, 0) is 18.2 Å². The van der Waals surface area contributed by atoms with Gasteiger partial charge in [-0.2, -0.15) is 0 Å². The third kappa shape index (κ3) is 4.43. The summed E-state index contributed by atoms with van der Waals surface area (Å²) >= 11 is 0. The highest BCUT2D eigenvalue weighted by molar-refractivity contribution is 6.01. The van der Waals surface area contributed by atoms with Gasteiger partial charge in [0.1, 0.15) is 0 Å². The van der Waals surface area contributed by atoms with Crippen LogP contribution in [0.5, 0.6) is 0 Å². The Balaban J connectivity index is 1.72. The molecule has 0 radical (unpaired) electrons. The van der Waals surface area contributed by atoms with Crippen LogP contribution in [0.3, 0.4) is 0 Å². The molecule has 200 valence electrons. The van der Waals surface area contributed by atoms with Crippen molar-refractivity contribution >= 4 is 34.3 Å². The van der Waals surface area contributed by atoms with E-state index in [4.69, 9.17) is 4.74 Å². The summed E-state index contributed by atoms with van der Waals surface area (Å²) in [4.78, 5) is 0. The van der Waals surface area contributed by atoms with Crippen LogP contribution in [0.25, 0.3) is 28.6 Å². The van der Waals surface area contributed by atoms with Crippen molar-refractivity contribution in [2.75, 3.05) is 25.6 Å². The molecule has 0 amide bonds. The summed E-state index contributed by atoms with van der Waals surface area (Å²) in [6.45, 7) is 7.90. The number of fused-ring (bicyclic) bond motifs is 3. The van der Waals surface area contributed by atoms with Gasteiger partial charge in [-0.05, 0) is 67.9 Å². The summed E-state index contributed by atoms with van der Waals surface area (Å²) in [5, 5.41) is 13.4. The third-order valence-corrected chi connectivity index (χ3v) is 8.38. The number of nitrogens with one attached hydrogen (secondary N) is 1. The maximum absolute atomic E-state index is 5.83. The van der Waals surface area contributed by atoms with Crippen LogP contribution in [0.15, 0.2) is 61.2 Å². The van der Waals surface area contributed by atoms with E-state index in [1.165, 1.54) is 33.3 Å². The maximum atomic E-state index is 5.83. The first-order valence-electron chi connectivity index (χ1n) is 14.0. The predicted octanol–water partition coefficient (Wildman–Crippen LogP) is 6.82. The maximum Gasteiger partial charge on any atom is 0.0912 e. The second-order valence-electron chi connectivity index (χ2n) is 10.6. The molecule has 1 saturated heterocycles. The van der Waals surface area contributed by atoms with Gasteiger partial charge in [0.15, 0.2) is 0 Å². The Labute approximate surface area is 230 Å². The zero-order valence-corrected chi connectivity index (χ0v) is 23.2. The number of aryl methyl sites for hydroxylation is 3. The molecule has 1 aliphatic carbocycles. The number of aromatic nitrogens is 4. The number of anilines is 1. The third-order valence-electron chi connectivity index (χ3n) is 8.38. The largest absolute Gasteiger partial charge is 0.388 e. The Hall–Kier alpha value is -3.90. The molecular weight excluding hydrogens is 482 g/mol. The molecule has 39 heavy (non-hydrogen) atoms. The number of ether oxygens (including phenoxy) is 1. The quantitative estimate of drug-likeness (QED) is 0.304. The van der Waals surface area contributed by atoms with Crippen molar-refractivity contribution in [1.82, 2.24) is 19.6 Å². The van der Waals surface area contributed by atoms with E-state index < -0.39 is 0 Å². The monoisotopic (exact) mass is 519 g/mol. The summed E-state index contributed by atoms with van der Waals surface area (Å²) in [5.41, 5.74) is 10.6. The number of allylic oxidation sites excluding steroid dienone is 3. The molecule has 3 heterocycles. The van der Waals surface area contributed by atoms with E-state index >= 15 is 0 Å². The van der Waals surface area contributed by atoms with Gasteiger partial charge in [0.05, 0.1) is 22.9 Å². The van der Waals surface area contributed by atoms with Crippen molar-refractivity contribution in [2.24, 2.45) is 13.0 Å². The lowest BCUT2D eigenvalue weighted by Gasteiger charge is -2.34. The molecule has 2 aromatic carbocycles. The number of benzene rings is 2. The number of hydrogen-bond donors (Lipinski definition) is 1. The number of hydrogen-bond acceptors (Lipinski definition) is 4. The molecule has 2 aromatic heterocycles. The van der Waals surface area contributed by atoms with Crippen molar-refractivity contribution in [3.8, 4) is 0 Å². The highest BCUT2D eigenvalue weighted by Gasteiger charge is 2.32. The van der Waals surface area contributed by atoms with Crippen molar-refractivity contribution < 1.29 is 4.74 Å². The molecule has 6 nitrogen and oxygen atoms in total. The minimum Gasteiger partial charge on any atom is -0.388 e. The van der Waals surface area contributed by atoms with Crippen LogP contribution in [0, 0.1) is 12.8 Å². The lowest BCUT2D eigenvalue weighted by molar-refractivity contribution is 0.0547. The van der Waals surface area contributed by atoms with E-state index in [9.17, 15) is 0 Å². The standard InChI is InChI=1S/C33H37N5O/c1-5-26-28(34-3)15-16-29-31(26)27-14-10-9-13-25(32-22(2)35-36-37(32)4)21-30(27)38(29)33(23-11-7-6-8-12-23)24-17-19-39-20-18-24/h5-9,11-13,15-16,21,24,33-34H,1,10,14,17-20H2,2-4H3/b13-9+,25-21+/t33-/m1/s1. The smallest absolute Gasteiger partial charge is 0.0912 e. The highest BCUT2D eigenvalue weighted by Crippen LogP contribution is 2.44. The Morgan fingerprint density at radius 3 is 2.62 bits per heavy atom. The fraction of sp³-hybridized carbons (Fsp3) is 0.333. The van der Waals surface area contributed by atoms with Crippen molar-refractivity contribution in [3.63, 3.8) is 0 Å². The average Bonchev–Trinajstić information content (AvgIpc) is 3.44. The Kier molecular flexibility index (Phi) is 6.96. The van der Waals surface area contributed by atoms with Crippen LogP contribution in [0.2, 0.25) is 0 Å². The van der Waals surface area contributed by atoms with E-state index in [0.29, 0.717) is 5.92 Å². The fourth-order valence-electron chi connectivity index (χ4n) is 6.62. The van der Waals surface area contributed by atoms with E-state index in [1.807, 2.05) is 31.8 Å². The molecule has 1 atom stereocenters. The molecule has 1 N–H and O–H groups in total. The molecule has 1 aliphatic heterocycles. The summed E-state index contributed by atoms with van der Waals surface area (Å²) < 4.78 is 10.3. The Morgan fingerprint density at radius 1 is 1.13 bits per heavy atom. The molecule has 0 spiro atoms. The molecule has 0 bridgehead atoms. The van der Waals surface area contributed by atoms with Gasteiger partial charge in [-0.3, -0.25) is 0 Å². The Morgan fingerprint density at radius 2 is 1.92 bits per heavy atom.